The molecule has 8 saturated carbocycles. The van der Waals surface area contributed by atoms with Crippen molar-refractivity contribution in [2.45, 2.75) is 94.3 Å². The standard InChI is InChI=1S/C64H50N2.C61H51N/c1-2-11-44(12-3-1)45-21-26-52(27-22-45)65(54-30-32-55(33-31-54)66-62-19-8-5-16-57(62)58-17-6-9-20-63(58)66)53-28-23-46(24-29-53)47-13-10-14-48(40-47)49-25-34-61-59(41-49)56-15-4-7-18-60(56)64(61)50-36-42-35-43(38-50)39-51(64)37-42;1-60(2)56-17-8-6-15-52(56)54-29-28-51(38-59(54)60)62(49-24-19-42(20-25-49)41-11-4-3-5-12-41)50-26-21-43(22-27-50)44-13-10-14-45(36-44)46-23-30-58-55(37-46)53-16-7-9-18-57(53)61(58)47-32-39-31-40(34-47)35-48(61)33-39/h1-34,40-43,50-51H,35-39H2;3-30,36-40,47-48H,31-35H2,1-2H3. The van der Waals surface area contributed by atoms with Gasteiger partial charge >= 0.3 is 0 Å². The zero-order chi connectivity index (χ0) is 84.5. The average molecular weight is 1650 g/mol. The lowest BCUT2D eigenvalue weighted by Gasteiger charge is -2.61. The van der Waals surface area contributed by atoms with Crippen LogP contribution in [0.5, 0.6) is 0 Å². The molecule has 11 aliphatic rings. The van der Waals surface area contributed by atoms with Crippen LogP contribution in [0.4, 0.5) is 34.1 Å². The number of hydrogen-bond acceptors (Lipinski definition) is 2. The number of fused-ring (bicyclic) bond motifs is 12. The van der Waals surface area contributed by atoms with Crippen molar-refractivity contribution in [2.75, 3.05) is 9.80 Å². The van der Waals surface area contributed by atoms with Crippen molar-refractivity contribution in [3.05, 3.63) is 440 Å². The number of rotatable bonds is 13. The summed E-state index contributed by atoms with van der Waals surface area (Å²) < 4.78 is 2.39. The van der Waals surface area contributed by atoms with Gasteiger partial charge in [0.05, 0.1) is 11.0 Å². The van der Waals surface area contributed by atoms with Crippen LogP contribution in [0.2, 0.25) is 0 Å². The highest BCUT2D eigenvalue weighted by molar-refractivity contribution is 6.09. The lowest BCUT2D eigenvalue weighted by Crippen LogP contribution is -2.55. The molecule has 29 rings (SSSR count). The first-order valence-electron chi connectivity index (χ1n) is 47.3. The molecule has 1 heterocycles. The van der Waals surface area contributed by atoms with Crippen molar-refractivity contribution >= 4 is 55.9 Å². The van der Waals surface area contributed by atoms with Crippen molar-refractivity contribution in [1.82, 2.24) is 4.57 Å². The van der Waals surface area contributed by atoms with Gasteiger partial charge in [0.25, 0.3) is 0 Å². The zero-order valence-corrected chi connectivity index (χ0v) is 72.7. The zero-order valence-electron chi connectivity index (χ0n) is 72.7. The van der Waals surface area contributed by atoms with E-state index in [4.69, 9.17) is 0 Å². The third kappa shape index (κ3) is 11.8. The molecule has 3 nitrogen and oxygen atoms in total. The summed E-state index contributed by atoms with van der Waals surface area (Å²) in [4.78, 5) is 4.80. The molecule has 0 saturated heterocycles. The molecule has 128 heavy (non-hydrogen) atoms. The summed E-state index contributed by atoms with van der Waals surface area (Å²) in [5, 5.41) is 2.54. The largest absolute Gasteiger partial charge is 0.311 e. The number of hydrogen-bond donors (Lipinski definition) is 0. The van der Waals surface area contributed by atoms with Gasteiger partial charge in [-0.2, -0.15) is 0 Å². The lowest BCUT2D eigenvalue weighted by molar-refractivity contribution is -0.0399. The fourth-order valence-electron chi connectivity index (χ4n) is 27.6. The van der Waals surface area contributed by atoms with Crippen molar-refractivity contribution < 1.29 is 0 Å². The molecule has 0 radical (unpaired) electrons. The third-order valence-electron chi connectivity index (χ3n) is 32.7. The molecule has 0 N–H and O–H groups in total. The topological polar surface area (TPSA) is 11.4 Å². The highest BCUT2D eigenvalue weighted by atomic mass is 15.1. The van der Waals surface area contributed by atoms with E-state index in [2.05, 4.69) is 435 Å². The van der Waals surface area contributed by atoms with E-state index in [1.54, 1.807) is 22.3 Å². The average Bonchev–Trinajstić information content (AvgIpc) is 1.51. The Hall–Kier alpha value is -13.9. The Balaban J connectivity index is 0.000000136. The molecule has 11 aliphatic carbocycles. The minimum Gasteiger partial charge on any atom is -0.311 e. The highest BCUT2D eigenvalue weighted by Crippen LogP contribution is 2.72. The second-order valence-electron chi connectivity index (χ2n) is 39.5. The van der Waals surface area contributed by atoms with Gasteiger partial charge in [-0.05, 0) is 366 Å². The number of anilines is 6. The summed E-state index contributed by atoms with van der Waals surface area (Å²) >= 11 is 0. The van der Waals surface area contributed by atoms with Gasteiger partial charge in [-0.1, -0.05) is 299 Å². The maximum absolute atomic E-state index is 2.55. The summed E-state index contributed by atoms with van der Waals surface area (Å²) in [6, 6.07) is 153. The smallest absolute Gasteiger partial charge is 0.0541 e. The second-order valence-corrected chi connectivity index (χ2v) is 39.5. The number of nitrogens with zero attached hydrogens (tertiary/aromatic N) is 3. The van der Waals surface area contributed by atoms with Gasteiger partial charge in [-0.3, -0.25) is 0 Å². The molecule has 616 valence electrons. The Morgan fingerprint density at radius 1 is 0.203 bits per heavy atom. The highest BCUT2D eigenvalue weighted by Gasteiger charge is 2.63. The molecule has 8 bridgehead atoms. The summed E-state index contributed by atoms with van der Waals surface area (Å²) in [5.41, 5.74) is 43.5. The van der Waals surface area contributed by atoms with Crippen LogP contribution < -0.4 is 9.80 Å². The van der Waals surface area contributed by atoms with Crippen molar-refractivity contribution in [3.8, 4) is 106 Å². The van der Waals surface area contributed by atoms with Gasteiger partial charge in [0.15, 0.2) is 0 Å². The van der Waals surface area contributed by atoms with Gasteiger partial charge in [0, 0.05) is 66.8 Å². The van der Waals surface area contributed by atoms with Gasteiger partial charge in [-0.25, -0.2) is 0 Å². The maximum Gasteiger partial charge on any atom is 0.0541 e. The predicted octanol–water partition coefficient (Wildman–Crippen LogP) is 33.2. The lowest BCUT2D eigenvalue weighted by atomic mass is 9.43. The Kier molecular flexibility index (Phi) is 17.5. The summed E-state index contributed by atoms with van der Waals surface area (Å²) in [7, 11) is 0. The second kappa shape index (κ2) is 29.6. The molecule has 0 amide bonds. The van der Waals surface area contributed by atoms with Gasteiger partial charge < -0.3 is 14.4 Å². The molecular formula is C125H101N3. The van der Waals surface area contributed by atoms with Crippen LogP contribution in [-0.2, 0) is 16.2 Å². The van der Waals surface area contributed by atoms with Crippen LogP contribution in [0.3, 0.4) is 0 Å². The summed E-state index contributed by atoms with van der Waals surface area (Å²) in [6.07, 6.45) is 14.3. The van der Waals surface area contributed by atoms with Crippen LogP contribution in [0, 0.1) is 47.3 Å². The molecule has 8 fully saturated rings. The van der Waals surface area contributed by atoms with E-state index in [1.165, 1.54) is 203 Å². The van der Waals surface area contributed by atoms with E-state index in [0.717, 1.165) is 81.5 Å². The number of benzene rings is 17. The van der Waals surface area contributed by atoms with E-state index in [0.29, 0.717) is 0 Å². The van der Waals surface area contributed by atoms with Crippen LogP contribution in [-0.4, -0.2) is 4.57 Å². The van der Waals surface area contributed by atoms with Crippen molar-refractivity contribution in [3.63, 3.8) is 0 Å². The Morgan fingerprint density at radius 3 is 0.898 bits per heavy atom. The van der Waals surface area contributed by atoms with Crippen molar-refractivity contribution in [1.29, 1.82) is 0 Å². The molecule has 3 heteroatoms. The molecule has 0 aliphatic heterocycles. The first kappa shape index (κ1) is 75.5. The SMILES string of the molecule is CC1(C)c2ccccc2-c2ccc(N(c3ccc(-c4ccccc4)cc3)c3ccc(-c4cccc(-c5ccc6c(c5)-c5ccccc5C65C6CC7CC(C6)CC5C7)c4)cc3)cc21.c1ccc(-c2ccc(N(c3ccc(-c4cccc(-c5ccc6c(c5)-c5ccccc5C65C6CC7CC(C6)CC5C7)c4)cc3)c3ccc(-n4c5ccccc5c5ccccc54)cc3)cc2)cc1. The minimum atomic E-state index is -0.0849. The van der Waals surface area contributed by atoms with Crippen LogP contribution in [0.25, 0.3) is 128 Å². The number of aromatic nitrogens is 1. The van der Waals surface area contributed by atoms with Gasteiger partial charge in [0.2, 0.25) is 0 Å². The van der Waals surface area contributed by atoms with E-state index in [9.17, 15) is 0 Å². The predicted molar refractivity (Wildman–Crippen MR) is 533 cm³/mol. The summed E-state index contributed by atoms with van der Waals surface area (Å²) in [5.74, 6) is 6.94. The molecule has 2 spiro atoms. The first-order chi connectivity index (χ1) is 63.1. The van der Waals surface area contributed by atoms with Crippen LogP contribution in [0.1, 0.15) is 111 Å². The van der Waals surface area contributed by atoms with Gasteiger partial charge in [-0.15, -0.1) is 0 Å². The van der Waals surface area contributed by atoms with Gasteiger partial charge in [0.1, 0.15) is 0 Å². The molecule has 18 aromatic rings. The monoisotopic (exact) mass is 1640 g/mol. The molecular weight excluding hydrogens is 1540 g/mol. The minimum absolute atomic E-state index is 0.0849. The van der Waals surface area contributed by atoms with E-state index < -0.39 is 0 Å². The third-order valence-corrected chi connectivity index (χ3v) is 32.7. The molecule has 17 aromatic carbocycles. The summed E-state index contributed by atoms with van der Waals surface area (Å²) in [6.45, 7) is 4.73. The van der Waals surface area contributed by atoms with E-state index >= 15 is 0 Å². The Morgan fingerprint density at radius 2 is 0.484 bits per heavy atom. The first-order valence-corrected chi connectivity index (χ1v) is 47.3. The Labute approximate surface area is 752 Å². The Bertz CT molecular complexity index is 7280. The molecule has 0 atom stereocenters. The fraction of sp³-hybridized carbons (Fsp3) is 0.184. The molecule has 1 aromatic heterocycles. The van der Waals surface area contributed by atoms with Crippen LogP contribution in [0.15, 0.2) is 406 Å². The van der Waals surface area contributed by atoms with E-state index in [1.807, 2.05) is 0 Å². The number of para-hydroxylation sites is 2. The normalized spacial score (nSPS) is 22.0. The quantitative estimate of drug-likeness (QED) is 0.114. The van der Waals surface area contributed by atoms with Crippen molar-refractivity contribution in [2.24, 2.45) is 47.3 Å². The molecule has 0 unspecified atom stereocenters. The van der Waals surface area contributed by atoms with E-state index in [-0.39, 0.29) is 16.2 Å². The fourth-order valence-corrected chi connectivity index (χ4v) is 27.6. The van der Waals surface area contributed by atoms with Crippen LogP contribution >= 0.6 is 0 Å². The maximum atomic E-state index is 2.55.